The van der Waals surface area contributed by atoms with Crippen LogP contribution in [0, 0.1) is 0 Å². The van der Waals surface area contributed by atoms with Gasteiger partial charge in [0.15, 0.2) is 5.96 Å². The molecule has 0 aliphatic rings. The summed E-state index contributed by atoms with van der Waals surface area (Å²) in [6, 6.07) is 10.5. The molecule has 5 nitrogen and oxygen atoms in total. The van der Waals surface area contributed by atoms with E-state index >= 15 is 0 Å². The van der Waals surface area contributed by atoms with Crippen molar-refractivity contribution in [2.75, 3.05) is 40.4 Å². The Morgan fingerprint density at radius 1 is 1.33 bits per heavy atom. The Kier molecular flexibility index (Phi) is 12.3. The molecule has 0 saturated carbocycles. The molecule has 1 aromatic carbocycles. The van der Waals surface area contributed by atoms with Crippen LogP contribution in [0.4, 0.5) is 0 Å². The number of nitrogens with one attached hydrogen (secondary N) is 1. The molecule has 0 amide bonds. The van der Waals surface area contributed by atoms with Crippen LogP contribution in [0.5, 0.6) is 0 Å². The first-order valence-electron chi connectivity index (χ1n) is 6.97. The summed E-state index contributed by atoms with van der Waals surface area (Å²) >= 11 is 0. The third-order valence-electron chi connectivity index (χ3n) is 2.89. The van der Waals surface area contributed by atoms with Crippen LogP contribution in [0.15, 0.2) is 35.3 Å². The highest BCUT2D eigenvalue weighted by atomic mass is 127. The van der Waals surface area contributed by atoms with Gasteiger partial charge >= 0.3 is 0 Å². The van der Waals surface area contributed by atoms with Crippen molar-refractivity contribution >= 4 is 29.9 Å². The molecule has 0 spiro atoms. The number of benzene rings is 1. The summed E-state index contributed by atoms with van der Waals surface area (Å²) in [7, 11) is 3.79. The molecule has 1 rings (SSSR count). The fraction of sp³-hybridized carbons (Fsp3) is 0.533. The molecule has 0 saturated heterocycles. The second-order valence-electron chi connectivity index (χ2n) is 4.76. The van der Waals surface area contributed by atoms with Crippen LogP contribution in [0.25, 0.3) is 0 Å². The molecule has 0 aromatic heterocycles. The minimum atomic E-state index is 0. The van der Waals surface area contributed by atoms with Gasteiger partial charge in [-0.25, -0.2) is 0 Å². The van der Waals surface area contributed by atoms with Crippen molar-refractivity contribution in [3.63, 3.8) is 0 Å². The van der Waals surface area contributed by atoms with E-state index in [2.05, 4.69) is 46.5 Å². The van der Waals surface area contributed by atoms with Gasteiger partial charge in [0.25, 0.3) is 0 Å². The average molecular weight is 406 g/mol. The summed E-state index contributed by atoms with van der Waals surface area (Å²) in [6.07, 6.45) is 0.996. The first-order valence-corrected chi connectivity index (χ1v) is 6.97. The number of ether oxygens (including phenoxy) is 1. The Morgan fingerprint density at radius 3 is 2.71 bits per heavy atom. The van der Waals surface area contributed by atoms with Crippen molar-refractivity contribution in [2.24, 2.45) is 10.7 Å². The van der Waals surface area contributed by atoms with Crippen LogP contribution in [0.1, 0.15) is 12.0 Å². The van der Waals surface area contributed by atoms with Crippen LogP contribution in [0.3, 0.4) is 0 Å². The number of rotatable bonds is 9. The maximum Gasteiger partial charge on any atom is 0.188 e. The third kappa shape index (κ3) is 10.5. The first-order chi connectivity index (χ1) is 9.72. The lowest BCUT2D eigenvalue weighted by atomic mass is 10.2. The van der Waals surface area contributed by atoms with Crippen LogP contribution in [-0.4, -0.2) is 51.3 Å². The van der Waals surface area contributed by atoms with E-state index in [9.17, 15) is 0 Å². The van der Waals surface area contributed by atoms with Gasteiger partial charge in [-0.2, -0.15) is 0 Å². The van der Waals surface area contributed by atoms with Gasteiger partial charge in [-0.1, -0.05) is 30.3 Å². The molecule has 0 heterocycles. The maximum atomic E-state index is 5.72. The Hall–Kier alpha value is -0.860. The molecule has 0 radical (unpaired) electrons. The highest BCUT2D eigenvalue weighted by Crippen LogP contribution is 2.02. The number of methoxy groups -OCH3 is 1. The Morgan fingerprint density at radius 2 is 2.05 bits per heavy atom. The fourth-order valence-corrected chi connectivity index (χ4v) is 1.85. The van der Waals surface area contributed by atoms with Gasteiger partial charge in [0.05, 0.1) is 6.61 Å². The Balaban J connectivity index is 0.00000400. The molecule has 21 heavy (non-hydrogen) atoms. The molecule has 0 atom stereocenters. The van der Waals surface area contributed by atoms with Gasteiger partial charge in [-0.15, -0.1) is 24.0 Å². The topological polar surface area (TPSA) is 62.9 Å². The third-order valence-corrected chi connectivity index (χ3v) is 2.89. The molecular weight excluding hydrogens is 379 g/mol. The zero-order valence-corrected chi connectivity index (χ0v) is 15.2. The molecule has 0 aliphatic carbocycles. The molecule has 6 heteroatoms. The van der Waals surface area contributed by atoms with Gasteiger partial charge in [0, 0.05) is 26.7 Å². The largest absolute Gasteiger partial charge is 0.383 e. The van der Waals surface area contributed by atoms with Crippen molar-refractivity contribution < 1.29 is 4.74 Å². The van der Waals surface area contributed by atoms with Gasteiger partial charge in [-0.3, -0.25) is 4.99 Å². The second kappa shape index (κ2) is 12.8. The van der Waals surface area contributed by atoms with E-state index < -0.39 is 0 Å². The summed E-state index contributed by atoms with van der Waals surface area (Å²) in [5, 5.41) is 3.00. The van der Waals surface area contributed by atoms with E-state index in [-0.39, 0.29) is 24.0 Å². The SMILES string of the molecule is COCCNC(N)=NCCCN(C)Cc1ccccc1.I. The van der Waals surface area contributed by atoms with E-state index in [1.807, 2.05) is 6.07 Å². The molecular formula is C15H27IN4O. The van der Waals surface area contributed by atoms with Crippen molar-refractivity contribution in [3.8, 4) is 0 Å². The summed E-state index contributed by atoms with van der Waals surface area (Å²) < 4.78 is 4.93. The van der Waals surface area contributed by atoms with Crippen molar-refractivity contribution in [1.29, 1.82) is 0 Å². The number of hydrogen-bond acceptors (Lipinski definition) is 3. The standard InChI is InChI=1S/C15H26N4O.HI/c1-19(13-14-7-4-3-5-8-14)11-6-9-17-15(16)18-10-12-20-2;/h3-5,7-8H,6,9-13H2,1-2H3,(H3,16,17,18);1H. The van der Waals surface area contributed by atoms with Crippen LogP contribution < -0.4 is 11.1 Å². The van der Waals surface area contributed by atoms with Crippen molar-refractivity contribution in [1.82, 2.24) is 10.2 Å². The van der Waals surface area contributed by atoms with Crippen molar-refractivity contribution in [2.45, 2.75) is 13.0 Å². The molecule has 0 aliphatic heterocycles. The van der Waals surface area contributed by atoms with Gasteiger partial charge in [-0.05, 0) is 25.6 Å². The summed E-state index contributed by atoms with van der Waals surface area (Å²) in [6.45, 7) is 4.04. The summed E-state index contributed by atoms with van der Waals surface area (Å²) in [5.41, 5.74) is 7.06. The molecule has 1 aromatic rings. The number of halogens is 1. The average Bonchev–Trinajstić information content (AvgIpc) is 2.45. The summed E-state index contributed by atoms with van der Waals surface area (Å²) in [5.74, 6) is 0.493. The number of hydrogen-bond donors (Lipinski definition) is 2. The summed E-state index contributed by atoms with van der Waals surface area (Å²) in [4.78, 5) is 6.57. The highest BCUT2D eigenvalue weighted by Gasteiger charge is 1.99. The van der Waals surface area contributed by atoms with Crippen LogP contribution >= 0.6 is 24.0 Å². The predicted molar refractivity (Wildman–Crippen MR) is 99.2 cm³/mol. The minimum absolute atomic E-state index is 0. The lowest BCUT2D eigenvalue weighted by Crippen LogP contribution is -2.34. The number of guanidine groups is 1. The molecule has 0 unspecified atom stereocenters. The second-order valence-corrected chi connectivity index (χ2v) is 4.76. The molecule has 0 bridgehead atoms. The lowest BCUT2D eigenvalue weighted by molar-refractivity contribution is 0.204. The normalized spacial score (nSPS) is 11.3. The zero-order chi connectivity index (χ0) is 14.6. The van der Waals surface area contributed by atoms with E-state index in [1.54, 1.807) is 7.11 Å². The molecule has 3 N–H and O–H groups in total. The zero-order valence-electron chi connectivity index (χ0n) is 12.9. The van der Waals surface area contributed by atoms with E-state index in [0.717, 1.165) is 26.1 Å². The van der Waals surface area contributed by atoms with Crippen molar-refractivity contribution in [3.05, 3.63) is 35.9 Å². The Labute approximate surface area is 145 Å². The van der Waals surface area contributed by atoms with Gasteiger partial charge in [0.2, 0.25) is 0 Å². The van der Waals surface area contributed by atoms with Crippen LogP contribution in [0.2, 0.25) is 0 Å². The number of nitrogens with zero attached hydrogens (tertiary/aromatic N) is 2. The first kappa shape index (κ1) is 20.1. The minimum Gasteiger partial charge on any atom is -0.383 e. The quantitative estimate of drug-likeness (QED) is 0.284. The molecule has 0 fully saturated rings. The van der Waals surface area contributed by atoms with E-state index in [0.29, 0.717) is 19.1 Å². The number of aliphatic imine (C=N–C) groups is 1. The van der Waals surface area contributed by atoms with E-state index in [1.165, 1.54) is 5.56 Å². The monoisotopic (exact) mass is 406 g/mol. The fourth-order valence-electron chi connectivity index (χ4n) is 1.85. The Bertz CT molecular complexity index is 387. The lowest BCUT2D eigenvalue weighted by Gasteiger charge is -2.16. The van der Waals surface area contributed by atoms with Crippen LogP contribution in [-0.2, 0) is 11.3 Å². The van der Waals surface area contributed by atoms with E-state index in [4.69, 9.17) is 10.5 Å². The molecule has 120 valence electrons. The van der Waals surface area contributed by atoms with Gasteiger partial charge in [0.1, 0.15) is 0 Å². The predicted octanol–water partition coefficient (Wildman–Crippen LogP) is 1.68. The van der Waals surface area contributed by atoms with Gasteiger partial charge < -0.3 is 20.7 Å². The maximum absolute atomic E-state index is 5.72. The number of nitrogens with two attached hydrogens (primary N) is 1. The highest BCUT2D eigenvalue weighted by molar-refractivity contribution is 14.0. The smallest absolute Gasteiger partial charge is 0.188 e.